The first-order valence-corrected chi connectivity index (χ1v) is 5.32. The minimum atomic E-state index is 0.137. The largest absolute Gasteiger partial charge is 0.495 e. The van der Waals surface area contributed by atoms with Crippen molar-refractivity contribution in [3.8, 4) is 5.75 Å². The average molecular weight is 247 g/mol. The van der Waals surface area contributed by atoms with E-state index < -0.39 is 0 Å². The van der Waals surface area contributed by atoms with Crippen LogP contribution in [0.5, 0.6) is 5.75 Å². The van der Waals surface area contributed by atoms with E-state index in [1.165, 1.54) is 7.11 Å². The van der Waals surface area contributed by atoms with Gasteiger partial charge in [-0.05, 0) is 25.0 Å². The average Bonchev–Trinajstić information content (AvgIpc) is 2.20. The summed E-state index contributed by atoms with van der Waals surface area (Å²) in [6, 6.07) is 3.58. The second kappa shape index (κ2) is 5.38. The van der Waals surface area contributed by atoms with Crippen molar-refractivity contribution in [2.75, 3.05) is 7.11 Å². The highest BCUT2D eigenvalue weighted by atomic mass is 35.5. The first-order chi connectivity index (χ1) is 7.06. The SMILES string of the molecule is COc1ccc(CCC(C)=O)c(Cl)c1Cl. The lowest BCUT2D eigenvalue weighted by Gasteiger charge is -2.08. The number of Topliss-reactive ketones (excluding diaryl/α,β-unsaturated/α-hetero) is 1. The summed E-state index contributed by atoms with van der Waals surface area (Å²) in [6.07, 6.45) is 1.08. The van der Waals surface area contributed by atoms with Crippen LogP contribution in [-0.4, -0.2) is 12.9 Å². The van der Waals surface area contributed by atoms with Crippen LogP contribution in [0.15, 0.2) is 12.1 Å². The van der Waals surface area contributed by atoms with Crippen LogP contribution in [0.2, 0.25) is 10.0 Å². The van der Waals surface area contributed by atoms with Crippen molar-refractivity contribution in [1.82, 2.24) is 0 Å². The van der Waals surface area contributed by atoms with E-state index in [0.29, 0.717) is 28.6 Å². The van der Waals surface area contributed by atoms with Crippen molar-refractivity contribution in [3.05, 3.63) is 27.7 Å². The van der Waals surface area contributed by atoms with E-state index in [2.05, 4.69) is 0 Å². The van der Waals surface area contributed by atoms with Gasteiger partial charge < -0.3 is 9.53 Å². The lowest BCUT2D eigenvalue weighted by Crippen LogP contribution is -1.96. The molecule has 0 saturated heterocycles. The maximum absolute atomic E-state index is 10.8. The summed E-state index contributed by atoms with van der Waals surface area (Å²) in [5.74, 6) is 0.686. The third-order valence-electron chi connectivity index (χ3n) is 2.09. The first kappa shape index (κ1) is 12.3. The molecule has 2 nitrogen and oxygen atoms in total. The molecule has 0 aliphatic heterocycles. The molecule has 0 heterocycles. The highest BCUT2D eigenvalue weighted by molar-refractivity contribution is 6.43. The standard InChI is InChI=1S/C11H12Cl2O2/c1-7(14)3-4-8-5-6-9(15-2)11(13)10(8)12/h5-6H,3-4H2,1-2H3. The van der Waals surface area contributed by atoms with Gasteiger partial charge in [0.15, 0.2) is 0 Å². The second-order valence-corrected chi connectivity index (χ2v) is 4.01. The molecular formula is C11H12Cl2O2. The Morgan fingerprint density at radius 2 is 2.00 bits per heavy atom. The lowest BCUT2D eigenvalue weighted by atomic mass is 10.1. The van der Waals surface area contributed by atoms with Crippen molar-refractivity contribution >= 4 is 29.0 Å². The molecule has 0 N–H and O–H groups in total. The smallest absolute Gasteiger partial charge is 0.138 e. The highest BCUT2D eigenvalue weighted by Gasteiger charge is 2.10. The van der Waals surface area contributed by atoms with Crippen LogP contribution in [0.3, 0.4) is 0 Å². The number of methoxy groups -OCH3 is 1. The Morgan fingerprint density at radius 1 is 1.33 bits per heavy atom. The summed E-state index contributed by atoms with van der Waals surface area (Å²) in [6.45, 7) is 1.55. The fourth-order valence-corrected chi connectivity index (χ4v) is 1.75. The van der Waals surface area contributed by atoms with Gasteiger partial charge in [-0.15, -0.1) is 0 Å². The maximum atomic E-state index is 10.8. The van der Waals surface area contributed by atoms with Crippen LogP contribution in [0.4, 0.5) is 0 Å². The molecule has 1 aromatic rings. The van der Waals surface area contributed by atoms with E-state index >= 15 is 0 Å². The van der Waals surface area contributed by atoms with Crippen LogP contribution in [0.1, 0.15) is 18.9 Å². The van der Waals surface area contributed by atoms with Gasteiger partial charge in [-0.1, -0.05) is 29.3 Å². The van der Waals surface area contributed by atoms with Crippen molar-refractivity contribution in [3.63, 3.8) is 0 Å². The van der Waals surface area contributed by atoms with E-state index in [4.69, 9.17) is 27.9 Å². The number of carbonyl (C=O) groups is 1. The Labute approximate surface area is 99.1 Å². The van der Waals surface area contributed by atoms with Crippen LogP contribution < -0.4 is 4.74 Å². The fourth-order valence-electron chi connectivity index (χ4n) is 1.23. The van der Waals surface area contributed by atoms with E-state index in [9.17, 15) is 4.79 Å². The Kier molecular flexibility index (Phi) is 4.43. The summed E-state index contributed by atoms with van der Waals surface area (Å²) in [5, 5.41) is 0.873. The number of halogens is 2. The molecule has 0 amide bonds. The van der Waals surface area contributed by atoms with Crippen molar-refractivity contribution in [2.24, 2.45) is 0 Å². The van der Waals surface area contributed by atoms with Crippen molar-refractivity contribution < 1.29 is 9.53 Å². The monoisotopic (exact) mass is 246 g/mol. The molecular weight excluding hydrogens is 235 g/mol. The van der Waals surface area contributed by atoms with Gasteiger partial charge in [0.25, 0.3) is 0 Å². The van der Waals surface area contributed by atoms with Crippen LogP contribution in [0, 0.1) is 0 Å². The molecule has 0 aliphatic carbocycles. The Morgan fingerprint density at radius 3 is 2.53 bits per heavy atom. The molecule has 1 rings (SSSR count). The molecule has 82 valence electrons. The number of carbonyl (C=O) groups excluding carboxylic acids is 1. The summed E-state index contributed by atoms with van der Waals surface area (Å²) >= 11 is 12.0. The molecule has 0 unspecified atom stereocenters. The number of benzene rings is 1. The van der Waals surface area contributed by atoms with Gasteiger partial charge in [-0.3, -0.25) is 0 Å². The molecule has 0 bridgehead atoms. The van der Waals surface area contributed by atoms with Gasteiger partial charge in [0.05, 0.1) is 12.1 Å². The summed E-state index contributed by atoms with van der Waals surface area (Å²) in [7, 11) is 1.53. The number of aryl methyl sites for hydroxylation is 1. The van der Waals surface area contributed by atoms with Crippen LogP contribution in [-0.2, 0) is 11.2 Å². The van der Waals surface area contributed by atoms with Gasteiger partial charge in [0.2, 0.25) is 0 Å². The maximum Gasteiger partial charge on any atom is 0.138 e. The summed E-state index contributed by atoms with van der Waals surface area (Å²) < 4.78 is 5.02. The quantitative estimate of drug-likeness (QED) is 0.813. The zero-order valence-corrected chi connectivity index (χ0v) is 10.2. The van der Waals surface area contributed by atoms with Crippen molar-refractivity contribution in [2.45, 2.75) is 19.8 Å². The van der Waals surface area contributed by atoms with Gasteiger partial charge in [0, 0.05) is 6.42 Å². The molecule has 0 aromatic heterocycles. The molecule has 15 heavy (non-hydrogen) atoms. The van der Waals surface area contributed by atoms with Gasteiger partial charge in [0.1, 0.15) is 16.6 Å². The Balaban J connectivity index is 2.91. The lowest BCUT2D eigenvalue weighted by molar-refractivity contribution is -0.116. The van der Waals surface area contributed by atoms with Crippen LogP contribution >= 0.6 is 23.2 Å². The van der Waals surface area contributed by atoms with Gasteiger partial charge in [-0.2, -0.15) is 0 Å². The Hall–Kier alpha value is -0.730. The Bertz CT molecular complexity index is 375. The minimum Gasteiger partial charge on any atom is -0.495 e. The topological polar surface area (TPSA) is 26.3 Å². The van der Waals surface area contributed by atoms with E-state index in [-0.39, 0.29) is 5.78 Å². The molecule has 0 fully saturated rings. The predicted octanol–water partition coefficient (Wildman–Crippen LogP) is 3.52. The molecule has 1 aromatic carbocycles. The van der Waals surface area contributed by atoms with Crippen LogP contribution in [0.25, 0.3) is 0 Å². The zero-order valence-electron chi connectivity index (χ0n) is 8.64. The van der Waals surface area contributed by atoms with E-state index in [1.807, 2.05) is 6.07 Å². The fraction of sp³-hybridized carbons (Fsp3) is 0.364. The first-order valence-electron chi connectivity index (χ1n) is 4.56. The second-order valence-electron chi connectivity index (χ2n) is 3.26. The molecule has 0 radical (unpaired) electrons. The third kappa shape index (κ3) is 3.11. The number of hydrogen-bond donors (Lipinski definition) is 0. The predicted molar refractivity (Wildman–Crippen MR) is 62.0 cm³/mol. The zero-order chi connectivity index (χ0) is 11.4. The molecule has 0 spiro atoms. The number of hydrogen-bond acceptors (Lipinski definition) is 2. The molecule has 0 atom stereocenters. The van der Waals surface area contributed by atoms with Gasteiger partial charge >= 0.3 is 0 Å². The van der Waals surface area contributed by atoms with E-state index in [0.717, 1.165) is 5.56 Å². The van der Waals surface area contributed by atoms with Crippen molar-refractivity contribution in [1.29, 1.82) is 0 Å². The highest BCUT2D eigenvalue weighted by Crippen LogP contribution is 2.34. The number of ether oxygens (including phenoxy) is 1. The number of ketones is 1. The minimum absolute atomic E-state index is 0.137. The normalized spacial score (nSPS) is 10.1. The van der Waals surface area contributed by atoms with Gasteiger partial charge in [-0.25, -0.2) is 0 Å². The van der Waals surface area contributed by atoms with E-state index in [1.54, 1.807) is 13.0 Å². The third-order valence-corrected chi connectivity index (χ3v) is 3.00. The molecule has 0 saturated carbocycles. The molecule has 4 heteroatoms. The molecule has 0 aliphatic rings. The summed E-state index contributed by atoms with van der Waals surface area (Å²) in [5.41, 5.74) is 0.873. The summed E-state index contributed by atoms with van der Waals surface area (Å²) in [4.78, 5) is 10.8. The number of rotatable bonds is 4.